The standard InChI is InChI=1S/C34H45F2N9O2.C2HF3O2/c1-37-25-16-30(41-45-27(17-39-31(25)45)32(46)40-24-6-7-28(24)47-2)44-13-8-23-22(4-3-5-26(23)44)18-42-12-9-29(34(35,36)21-42)43-14-10-33(11-15-43)19-38-20-33;3-2(4,5)1(6)7/h3-5,16-17,24,28-29,37-38H,6-15,18-21H2,1-2H3,(H,40,46);(H,6,7)/t24-,28-,29?;/m1./s1. The molecule has 1 aromatic carbocycles. The lowest BCUT2D eigenvalue weighted by molar-refractivity contribution is -0.192. The van der Waals surface area contributed by atoms with E-state index in [1.807, 2.05) is 24.1 Å². The molecule has 3 saturated heterocycles. The summed E-state index contributed by atoms with van der Waals surface area (Å²) in [6, 6.07) is 7.41. The topological polar surface area (TPSA) is 140 Å². The van der Waals surface area contributed by atoms with Gasteiger partial charge in [-0.3, -0.25) is 14.6 Å². The Balaban J connectivity index is 0.000000588. The second-order valence-corrected chi connectivity index (χ2v) is 15.0. The number of nitrogens with one attached hydrogen (secondary N) is 3. The highest BCUT2D eigenvalue weighted by molar-refractivity contribution is 5.94. The number of alkyl halides is 5. The van der Waals surface area contributed by atoms with Crippen LogP contribution in [0.3, 0.4) is 0 Å². The van der Waals surface area contributed by atoms with E-state index in [0.29, 0.717) is 48.6 Å². The van der Waals surface area contributed by atoms with Crippen molar-refractivity contribution >= 4 is 34.7 Å². The van der Waals surface area contributed by atoms with Crippen LogP contribution in [0.5, 0.6) is 0 Å². The molecule has 1 aliphatic carbocycles. The number of anilines is 3. The quantitative estimate of drug-likeness (QED) is 0.249. The summed E-state index contributed by atoms with van der Waals surface area (Å²) in [5.41, 5.74) is 5.32. The summed E-state index contributed by atoms with van der Waals surface area (Å²) in [5.74, 6) is -5.05. The van der Waals surface area contributed by atoms with Gasteiger partial charge in [0.05, 0.1) is 36.6 Å². The largest absolute Gasteiger partial charge is 0.490 e. The van der Waals surface area contributed by atoms with Crippen LogP contribution in [-0.4, -0.2) is 132 Å². The number of nitrogens with zero attached hydrogens (tertiary/aromatic N) is 6. The van der Waals surface area contributed by atoms with Crippen LogP contribution in [0.1, 0.15) is 53.7 Å². The van der Waals surface area contributed by atoms with Gasteiger partial charge < -0.3 is 30.7 Å². The van der Waals surface area contributed by atoms with E-state index < -0.39 is 24.1 Å². The number of fused-ring (bicyclic) bond motifs is 2. The van der Waals surface area contributed by atoms with Crippen LogP contribution < -0.4 is 20.9 Å². The number of hydrogen-bond acceptors (Lipinski definition) is 10. The van der Waals surface area contributed by atoms with Gasteiger partial charge in [0.2, 0.25) is 0 Å². The molecule has 1 spiro atoms. The summed E-state index contributed by atoms with van der Waals surface area (Å²) < 4.78 is 70.2. The molecule has 18 heteroatoms. The summed E-state index contributed by atoms with van der Waals surface area (Å²) >= 11 is 0. The van der Waals surface area contributed by atoms with Gasteiger partial charge in [-0.1, -0.05) is 12.1 Å². The molecule has 6 heterocycles. The minimum Gasteiger partial charge on any atom is -0.475 e. The van der Waals surface area contributed by atoms with Gasteiger partial charge in [-0.05, 0) is 74.2 Å². The zero-order chi connectivity index (χ0) is 38.4. The molecule has 54 heavy (non-hydrogen) atoms. The smallest absolute Gasteiger partial charge is 0.475 e. The highest BCUT2D eigenvalue weighted by Crippen LogP contribution is 2.41. The van der Waals surface area contributed by atoms with Crippen LogP contribution in [0.15, 0.2) is 30.5 Å². The molecule has 3 aromatic rings. The van der Waals surface area contributed by atoms with Crippen molar-refractivity contribution < 1.29 is 41.4 Å². The molecular formula is C36H46F5N9O4. The highest BCUT2D eigenvalue weighted by atomic mass is 19.4. The molecular weight excluding hydrogens is 717 g/mol. The molecule has 5 aliphatic rings. The molecule has 1 amide bonds. The lowest BCUT2D eigenvalue weighted by Crippen LogP contribution is -2.63. The van der Waals surface area contributed by atoms with E-state index in [0.717, 1.165) is 75.2 Å². The Bertz CT molecular complexity index is 1860. The van der Waals surface area contributed by atoms with Gasteiger partial charge in [0.15, 0.2) is 17.2 Å². The third kappa shape index (κ3) is 7.44. The number of carbonyl (C=O) groups excluding carboxylic acids is 1. The lowest BCUT2D eigenvalue weighted by Gasteiger charge is -2.52. The van der Waals surface area contributed by atoms with Gasteiger partial charge in [0.1, 0.15) is 0 Å². The van der Waals surface area contributed by atoms with Gasteiger partial charge >= 0.3 is 12.1 Å². The molecule has 4 N–H and O–H groups in total. The fourth-order valence-electron chi connectivity index (χ4n) is 8.44. The number of hydrogen-bond donors (Lipinski definition) is 4. The zero-order valence-electron chi connectivity index (χ0n) is 30.3. The molecule has 4 aliphatic heterocycles. The van der Waals surface area contributed by atoms with Crippen molar-refractivity contribution in [3.05, 3.63) is 47.3 Å². The van der Waals surface area contributed by atoms with Crippen LogP contribution in [-0.2, 0) is 22.5 Å². The van der Waals surface area contributed by atoms with Crippen LogP contribution in [0.4, 0.5) is 39.1 Å². The SMILES string of the molecule is CNc1cc(N2CCc3c(CN4CCC(N5CCC6(CC5)CNC6)C(F)(F)C4)cccc32)nn2c(C(=O)N[C@@H]3CC[C@H]3OC)cnc12.O=C(O)C(F)(F)F. The lowest BCUT2D eigenvalue weighted by atomic mass is 9.73. The number of imidazole rings is 1. The number of aromatic nitrogens is 3. The minimum atomic E-state index is -5.08. The minimum absolute atomic E-state index is 0.0227. The Hall–Kier alpha value is -4.13. The maximum absolute atomic E-state index is 15.7. The number of methoxy groups -OCH3 is 1. The Morgan fingerprint density at radius 1 is 1.09 bits per heavy atom. The first-order valence-electron chi connectivity index (χ1n) is 18.4. The van der Waals surface area contributed by atoms with Crippen molar-refractivity contribution in [2.24, 2.45) is 5.41 Å². The fourth-order valence-corrected chi connectivity index (χ4v) is 8.44. The number of amides is 1. The first-order valence-corrected chi connectivity index (χ1v) is 18.4. The van der Waals surface area contributed by atoms with Crippen LogP contribution in [0, 0.1) is 5.41 Å². The number of carboxylic acid groups (broad SMARTS) is 1. The molecule has 2 aromatic heterocycles. The van der Waals surface area contributed by atoms with E-state index in [9.17, 15) is 18.0 Å². The van der Waals surface area contributed by atoms with E-state index in [1.165, 1.54) is 5.56 Å². The summed E-state index contributed by atoms with van der Waals surface area (Å²) in [6.45, 7) is 5.27. The van der Waals surface area contributed by atoms with Crippen molar-refractivity contribution in [2.75, 3.05) is 70.2 Å². The van der Waals surface area contributed by atoms with E-state index in [4.69, 9.17) is 19.7 Å². The number of carboxylic acids is 1. The highest BCUT2D eigenvalue weighted by Gasteiger charge is 2.50. The van der Waals surface area contributed by atoms with Gasteiger partial charge in [-0.25, -0.2) is 23.1 Å². The van der Waals surface area contributed by atoms with Gasteiger partial charge in [-0.15, -0.1) is 5.10 Å². The van der Waals surface area contributed by atoms with E-state index in [-0.39, 0.29) is 24.6 Å². The normalized spacial score (nSPS) is 24.9. The maximum atomic E-state index is 15.7. The molecule has 1 unspecified atom stereocenters. The van der Waals surface area contributed by atoms with Crippen molar-refractivity contribution in [2.45, 2.75) is 75.4 Å². The Morgan fingerprint density at radius 3 is 2.43 bits per heavy atom. The van der Waals surface area contributed by atoms with Crippen LogP contribution in [0.25, 0.3) is 5.65 Å². The Kier molecular flexibility index (Phi) is 10.5. The first-order chi connectivity index (χ1) is 25.7. The van der Waals surface area contributed by atoms with Gasteiger partial charge in [0.25, 0.3) is 11.8 Å². The number of benzene rings is 1. The maximum Gasteiger partial charge on any atom is 0.490 e. The van der Waals surface area contributed by atoms with Gasteiger partial charge in [-0.2, -0.15) is 13.2 Å². The molecule has 3 atom stereocenters. The summed E-state index contributed by atoms with van der Waals surface area (Å²) in [5, 5.41) is 21.7. The van der Waals surface area contributed by atoms with Crippen molar-refractivity contribution in [1.82, 2.24) is 35.0 Å². The third-order valence-electron chi connectivity index (χ3n) is 11.8. The van der Waals surface area contributed by atoms with Crippen molar-refractivity contribution in [3.8, 4) is 0 Å². The number of piperidine rings is 2. The monoisotopic (exact) mass is 763 g/mol. The number of ether oxygens (including phenoxy) is 1. The molecule has 8 rings (SSSR count). The average molecular weight is 764 g/mol. The molecule has 294 valence electrons. The van der Waals surface area contributed by atoms with E-state index >= 15 is 8.78 Å². The second-order valence-electron chi connectivity index (χ2n) is 15.0. The van der Waals surface area contributed by atoms with Gasteiger partial charge in [0, 0.05) is 58.6 Å². The fraction of sp³-hybridized carbons (Fsp3) is 0.611. The van der Waals surface area contributed by atoms with Crippen LogP contribution in [0.2, 0.25) is 0 Å². The van der Waals surface area contributed by atoms with E-state index in [1.54, 1.807) is 17.8 Å². The van der Waals surface area contributed by atoms with Crippen molar-refractivity contribution in [3.63, 3.8) is 0 Å². The number of likely N-dealkylation sites (tertiary alicyclic amines) is 2. The van der Waals surface area contributed by atoms with E-state index in [2.05, 4.69) is 42.9 Å². The molecule has 0 radical (unpaired) electrons. The number of aliphatic carboxylic acids is 1. The summed E-state index contributed by atoms with van der Waals surface area (Å²) in [6.07, 6.45) is 1.62. The third-order valence-corrected chi connectivity index (χ3v) is 11.8. The van der Waals surface area contributed by atoms with Crippen molar-refractivity contribution in [1.29, 1.82) is 0 Å². The average Bonchev–Trinajstić information content (AvgIpc) is 3.74. The second kappa shape index (κ2) is 14.8. The Labute approximate surface area is 309 Å². The molecule has 4 fully saturated rings. The number of rotatable bonds is 8. The predicted octanol–water partition coefficient (Wildman–Crippen LogP) is 3.90. The van der Waals surface area contributed by atoms with Crippen LogP contribution >= 0.6 is 0 Å². The first kappa shape index (κ1) is 38.2. The zero-order valence-corrected chi connectivity index (χ0v) is 30.3. The number of carbonyl (C=O) groups is 2. The summed E-state index contributed by atoms with van der Waals surface area (Å²) in [7, 11) is 3.49. The summed E-state index contributed by atoms with van der Waals surface area (Å²) in [4.78, 5) is 32.8. The number of halogens is 5. The molecule has 1 saturated carbocycles. The molecule has 13 nitrogen and oxygen atoms in total. The predicted molar refractivity (Wildman–Crippen MR) is 189 cm³/mol. The Morgan fingerprint density at radius 2 is 1.83 bits per heavy atom. The molecule has 0 bridgehead atoms.